The number of aromatic nitrogens is 1. The Balaban J connectivity index is 1.69. The molecular weight excluding hydrogens is 344 g/mol. The van der Waals surface area contributed by atoms with Gasteiger partial charge in [0, 0.05) is 36.0 Å². The van der Waals surface area contributed by atoms with E-state index in [2.05, 4.69) is 10.3 Å². The lowest BCUT2D eigenvalue weighted by Crippen LogP contribution is -2.42. The van der Waals surface area contributed by atoms with E-state index in [-0.39, 0.29) is 24.7 Å². The van der Waals surface area contributed by atoms with Gasteiger partial charge in [0.25, 0.3) is 0 Å². The predicted octanol–water partition coefficient (Wildman–Crippen LogP) is 2.64. The second-order valence-electron chi connectivity index (χ2n) is 6.21. The highest BCUT2D eigenvalue weighted by atomic mass is 16.5. The van der Waals surface area contributed by atoms with E-state index in [0.29, 0.717) is 5.56 Å². The van der Waals surface area contributed by atoms with E-state index in [1.54, 1.807) is 30.3 Å². The Bertz CT molecular complexity index is 962. The number of aromatic amines is 1. The molecule has 3 aromatic rings. The topological polar surface area (TPSA) is 88.3 Å². The number of carbonyl (C=O) groups excluding carboxylic acids is 3. The number of benzene rings is 2. The lowest BCUT2D eigenvalue weighted by Gasteiger charge is -2.16. The molecule has 0 spiro atoms. The summed E-state index contributed by atoms with van der Waals surface area (Å²) in [6, 6.07) is 15.4. The number of rotatable bonds is 7. The van der Waals surface area contributed by atoms with Crippen LogP contribution in [-0.2, 0) is 20.7 Å². The van der Waals surface area contributed by atoms with E-state index in [1.807, 2.05) is 30.5 Å². The van der Waals surface area contributed by atoms with Gasteiger partial charge in [0.1, 0.15) is 6.04 Å². The minimum absolute atomic E-state index is 0.266. The summed E-state index contributed by atoms with van der Waals surface area (Å²) < 4.78 is 5.17. The summed E-state index contributed by atoms with van der Waals surface area (Å²) in [5, 5.41) is 3.58. The molecule has 1 amide bonds. The Morgan fingerprint density at radius 3 is 2.48 bits per heavy atom. The van der Waals surface area contributed by atoms with Crippen molar-refractivity contribution in [3.8, 4) is 0 Å². The van der Waals surface area contributed by atoms with Gasteiger partial charge in [-0.2, -0.15) is 0 Å². The zero-order valence-corrected chi connectivity index (χ0v) is 14.9. The third-order valence-corrected chi connectivity index (χ3v) is 4.20. The van der Waals surface area contributed by atoms with Crippen LogP contribution in [0.1, 0.15) is 22.8 Å². The Labute approximate surface area is 156 Å². The molecule has 0 unspecified atom stereocenters. The van der Waals surface area contributed by atoms with Crippen LogP contribution in [0.4, 0.5) is 0 Å². The highest BCUT2D eigenvalue weighted by Gasteiger charge is 2.24. The molecule has 2 aromatic carbocycles. The number of hydrogen-bond donors (Lipinski definition) is 2. The summed E-state index contributed by atoms with van der Waals surface area (Å²) in [4.78, 5) is 39.2. The number of para-hydroxylation sites is 1. The molecule has 1 heterocycles. The molecule has 3 rings (SSSR count). The van der Waals surface area contributed by atoms with Crippen molar-refractivity contribution in [2.24, 2.45) is 0 Å². The van der Waals surface area contributed by atoms with E-state index >= 15 is 0 Å². The maximum Gasteiger partial charge on any atom is 0.329 e. The van der Waals surface area contributed by atoms with Crippen molar-refractivity contribution >= 4 is 28.6 Å². The quantitative estimate of drug-likeness (QED) is 0.498. The molecule has 0 aliphatic rings. The van der Waals surface area contributed by atoms with Crippen LogP contribution in [-0.4, -0.2) is 35.3 Å². The average Bonchev–Trinajstić information content (AvgIpc) is 3.08. The van der Waals surface area contributed by atoms with Crippen molar-refractivity contribution in [2.75, 3.05) is 6.61 Å². The van der Waals surface area contributed by atoms with Gasteiger partial charge in [0.15, 0.2) is 12.4 Å². The van der Waals surface area contributed by atoms with Gasteiger partial charge in [-0.1, -0.05) is 48.5 Å². The van der Waals surface area contributed by atoms with Crippen LogP contribution in [0.5, 0.6) is 0 Å². The van der Waals surface area contributed by atoms with Crippen LogP contribution in [0, 0.1) is 0 Å². The molecule has 0 fully saturated rings. The van der Waals surface area contributed by atoms with Crippen molar-refractivity contribution in [3.05, 3.63) is 71.9 Å². The van der Waals surface area contributed by atoms with E-state index in [4.69, 9.17) is 4.74 Å². The fourth-order valence-corrected chi connectivity index (χ4v) is 2.90. The molecule has 6 nitrogen and oxygen atoms in total. The molecule has 0 aliphatic carbocycles. The first-order valence-corrected chi connectivity index (χ1v) is 8.61. The van der Waals surface area contributed by atoms with Gasteiger partial charge in [0.05, 0.1) is 0 Å². The van der Waals surface area contributed by atoms with Crippen LogP contribution in [0.15, 0.2) is 60.8 Å². The molecule has 27 heavy (non-hydrogen) atoms. The maximum absolute atomic E-state index is 12.5. The third-order valence-electron chi connectivity index (χ3n) is 4.20. The van der Waals surface area contributed by atoms with E-state index in [1.165, 1.54) is 6.92 Å². The highest BCUT2D eigenvalue weighted by Crippen LogP contribution is 2.19. The summed E-state index contributed by atoms with van der Waals surface area (Å²) in [5.41, 5.74) is 2.30. The van der Waals surface area contributed by atoms with Gasteiger partial charge in [-0.25, -0.2) is 4.79 Å². The molecule has 1 atom stereocenters. The average molecular weight is 364 g/mol. The molecule has 0 saturated heterocycles. The molecule has 138 valence electrons. The zero-order chi connectivity index (χ0) is 19.2. The molecule has 6 heteroatoms. The number of H-pyrrole nitrogens is 1. The van der Waals surface area contributed by atoms with Gasteiger partial charge >= 0.3 is 5.97 Å². The lowest BCUT2D eigenvalue weighted by atomic mass is 10.0. The minimum atomic E-state index is -0.870. The zero-order valence-electron chi connectivity index (χ0n) is 14.9. The number of amides is 1. The number of fused-ring (bicyclic) bond motifs is 1. The van der Waals surface area contributed by atoms with Crippen LogP contribution in [0.25, 0.3) is 10.9 Å². The third kappa shape index (κ3) is 4.61. The number of hydrogen-bond acceptors (Lipinski definition) is 4. The standard InChI is InChI=1S/C21H20N2O4/c1-14(24)23-19(11-16-12-22-18-10-6-5-9-17(16)18)21(26)27-13-20(25)15-7-3-2-4-8-15/h2-10,12,19,22H,11,13H2,1H3,(H,23,24)/t19-/m0/s1. The van der Waals surface area contributed by atoms with Gasteiger partial charge in [-0.05, 0) is 11.6 Å². The Hall–Kier alpha value is -3.41. The number of ketones is 1. The molecule has 0 aliphatic heterocycles. The SMILES string of the molecule is CC(=O)N[C@@H](Cc1c[nH]c2ccccc12)C(=O)OCC(=O)c1ccccc1. The van der Waals surface area contributed by atoms with Gasteiger partial charge in [-0.3, -0.25) is 9.59 Å². The number of nitrogens with one attached hydrogen (secondary N) is 2. The second kappa shape index (κ2) is 8.31. The van der Waals surface area contributed by atoms with Crippen molar-refractivity contribution < 1.29 is 19.1 Å². The van der Waals surface area contributed by atoms with E-state index < -0.39 is 12.0 Å². The van der Waals surface area contributed by atoms with Crippen LogP contribution in [0.2, 0.25) is 0 Å². The number of esters is 1. The fraction of sp³-hybridized carbons (Fsp3) is 0.190. The monoisotopic (exact) mass is 364 g/mol. The molecular formula is C21H20N2O4. The lowest BCUT2D eigenvalue weighted by molar-refractivity contribution is -0.146. The Morgan fingerprint density at radius 1 is 1.04 bits per heavy atom. The molecule has 1 aromatic heterocycles. The van der Waals surface area contributed by atoms with Crippen LogP contribution >= 0.6 is 0 Å². The van der Waals surface area contributed by atoms with Gasteiger partial charge < -0.3 is 15.0 Å². The second-order valence-corrected chi connectivity index (χ2v) is 6.21. The molecule has 0 radical (unpaired) electrons. The van der Waals surface area contributed by atoms with Gasteiger partial charge in [0.2, 0.25) is 5.91 Å². The van der Waals surface area contributed by atoms with Gasteiger partial charge in [-0.15, -0.1) is 0 Å². The van der Waals surface area contributed by atoms with Crippen molar-refractivity contribution in [1.82, 2.24) is 10.3 Å². The van der Waals surface area contributed by atoms with Crippen LogP contribution < -0.4 is 5.32 Å². The van der Waals surface area contributed by atoms with Crippen LogP contribution in [0.3, 0.4) is 0 Å². The van der Waals surface area contributed by atoms with Crippen molar-refractivity contribution in [3.63, 3.8) is 0 Å². The summed E-state index contributed by atoms with van der Waals surface area (Å²) in [6.07, 6.45) is 2.07. The fourth-order valence-electron chi connectivity index (χ4n) is 2.90. The van der Waals surface area contributed by atoms with Crippen molar-refractivity contribution in [2.45, 2.75) is 19.4 Å². The maximum atomic E-state index is 12.5. The largest absolute Gasteiger partial charge is 0.456 e. The first kappa shape index (κ1) is 18.4. The molecule has 0 saturated carbocycles. The number of carbonyl (C=O) groups is 3. The Morgan fingerprint density at radius 2 is 1.74 bits per heavy atom. The number of Topliss-reactive ketones (excluding diaryl/α,β-unsaturated/α-hetero) is 1. The smallest absolute Gasteiger partial charge is 0.329 e. The number of ether oxygens (including phenoxy) is 1. The normalized spacial score (nSPS) is 11.7. The summed E-state index contributed by atoms with van der Waals surface area (Å²) in [6.45, 7) is 0.970. The highest BCUT2D eigenvalue weighted by molar-refractivity contribution is 5.98. The van der Waals surface area contributed by atoms with E-state index in [0.717, 1.165) is 16.5 Å². The first-order chi connectivity index (χ1) is 13.0. The summed E-state index contributed by atoms with van der Waals surface area (Å²) in [7, 11) is 0. The minimum Gasteiger partial charge on any atom is -0.456 e. The molecule has 0 bridgehead atoms. The summed E-state index contributed by atoms with van der Waals surface area (Å²) in [5.74, 6) is -1.27. The molecule has 2 N–H and O–H groups in total. The van der Waals surface area contributed by atoms with Crippen molar-refractivity contribution in [1.29, 1.82) is 0 Å². The Kier molecular flexibility index (Phi) is 5.66. The summed E-state index contributed by atoms with van der Waals surface area (Å²) >= 11 is 0. The van der Waals surface area contributed by atoms with E-state index in [9.17, 15) is 14.4 Å². The predicted molar refractivity (Wildman–Crippen MR) is 101 cm³/mol. The first-order valence-electron chi connectivity index (χ1n) is 8.61.